The highest BCUT2D eigenvalue weighted by molar-refractivity contribution is 5.89. The van der Waals surface area contributed by atoms with Crippen LogP contribution in [-0.4, -0.2) is 98.4 Å². The number of carbonyl (C=O) groups excluding carboxylic acids is 1. The van der Waals surface area contributed by atoms with Crippen LogP contribution in [0.5, 0.6) is 0 Å². The van der Waals surface area contributed by atoms with Crippen molar-refractivity contribution in [3.05, 3.63) is 29.8 Å². The van der Waals surface area contributed by atoms with Crippen LogP contribution in [0.25, 0.3) is 0 Å². The number of hydrogen-bond acceptors (Lipinski definition) is 9. The summed E-state index contributed by atoms with van der Waals surface area (Å²) in [6.45, 7) is 11.9. The fourth-order valence-electron chi connectivity index (χ4n) is 3.42. The molecule has 0 amide bonds. The fraction of sp³-hybridized carbons (Fsp3) is 0.767. The van der Waals surface area contributed by atoms with Crippen LogP contribution in [0.2, 0.25) is 0 Å². The molecule has 0 unspecified atom stereocenters. The standard InChI is InChI=1S/C30H53NO8/c1-3-5-7-8-9-15-33-16-17-34-18-19-35-20-21-36-22-23-37-24-25-38-26-27-39-30(32)28-10-12-29(13-11-28)31-14-6-4-2/h10-13,31H,3-9,14-27H2,1-2H3. The van der Waals surface area contributed by atoms with Gasteiger partial charge in [0.15, 0.2) is 0 Å². The van der Waals surface area contributed by atoms with Gasteiger partial charge in [0.2, 0.25) is 0 Å². The molecular weight excluding hydrogens is 502 g/mol. The largest absolute Gasteiger partial charge is 0.460 e. The molecule has 0 aliphatic carbocycles. The molecule has 0 bridgehead atoms. The molecule has 9 heteroatoms. The molecule has 0 aliphatic heterocycles. The third kappa shape index (κ3) is 22.7. The van der Waals surface area contributed by atoms with Crippen molar-refractivity contribution in [3.63, 3.8) is 0 Å². The second kappa shape index (κ2) is 27.8. The number of unbranched alkanes of at least 4 members (excludes halogenated alkanes) is 5. The summed E-state index contributed by atoms with van der Waals surface area (Å²) in [7, 11) is 0. The minimum Gasteiger partial charge on any atom is -0.460 e. The summed E-state index contributed by atoms with van der Waals surface area (Å²) in [4.78, 5) is 12.1. The number of carbonyl (C=O) groups is 1. The predicted molar refractivity (Wildman–Crippen MR) is 154 cm³/mol. The van der Waals surface area contributed by atoms with Crippen molar-refractivity contribution in [3.8, 4) is 0 Å². The molecule has 226 valence electrons. The van der Waals surface area contributed by atoms with Crippen LogP contribution in [0.15, 0.2) is 24.3 Å². The number of nitrogens with one attached hydrogen (secondary N) is 1. The summed E-state index contributed by atoms with van der Waals surface area (Å²) in [6, 6.07) is 7.32. The first-order chi connectivity index (χ1) is 19.3. The minimum absolute atomic E-state index is 0.205. The maximum absolute atomic E-state index is 12.1. The Morgan fingerprint density at radius 2 is 0.974 bits per heavy atom. The number of hydrogen-bond donors (Lipinski definition) is 1. The van der Waals surface area contributed by atoms with Crippen molar-refractivity contribution in [2.75, 3.05) is 97.8 Å². The zero-order valence-electron chi connectivity index (χ0n) is 24.4. The summed E-state index contributed by atoms with van der Waals surface area (Å²) in [5.74, 6) is -0.350. The van der Waals surface area contributed by atoms with E-state index in [1.807, 2.05) is 12.1 Å². The van der Waals surface area contributed by atoms with Gasteiger partial charge in [-0.3, -0.25) is 0 Å². The van der Waals surface area contributed by atoms with Gasteiger partial charge in [-0.25, -0.2) is 4.79 Å². The topological polar surface area (TPSA) is 93.7 Å². The van der Waals surface area contributed by atoms with Gasteiger partial charge in [0, 0.05) is 18.8 Å². The summed E-state index contributed by atoms with van der Waals surface area (Å²) < 4.78 is 38.1. The quantitative estimate of drug-likeness (QED) is 0.107. The number of anilines is 1. The van der Waals surface area contributed by atoms with E-state index in [0.717, 1.165) is 38.1 Å². The number of esters is 1. The van der Waals surface area contributed by atoms with Gasteiger partial charge in [-0.2, -0.15) is 0 Å². The zero-order chi connectivity index (χ0) is 28.1. The molecule has 0 saturated heterocycles. The molecule has 0 fully saturated rings. The van der Waals surface area contributed by atoms with E-state index in [4.69, 9.17) is 33.2 Å². The molecule has 9 nitrogen and oxygen atoms in total. The number of ether oxygens (including phenoxy) is 7. The maximum Gasteiger partial charge on any atom is 0.338 e. The number of rotatable bonds is 29. The van der Waals surface area contributed by atoms with E-state index in [1.165, 1.54) is 25.7 Å². The lowest BCUT2D eigenvalue weighted by Crippen LogP contribution is -2.15. The SMILES string of the molecule is CCCCCCCOCCOCCOCCOCCOCCOCCOC(=O)c1ccc(NCCCC)cc1. The Hall–Kier alpha value is -1.75. The number of benzene rings is 1. The van der Waals surface area contributed by atoms with Crippen LogP contribution >= 0.6 is 0 Å². The third-order valence-electron chi connectivity index (χ3n) is 5.69. The molecule has 0 spiro atoms. The summed E-state index contributed by atoms with van der Waals surface area (Å²) >= 11 is 0. The first-order valence-corrected chi connectivity index (χ1v) is 14.8. The highest BCUT2D eigenvalue weighted by atomic mass is 16.6. The van der Waals surface area contributed by atoms with Crippen molar-refractivity contribution in [1.29, 1.82) is 0 Å². The molecule has 0 aliphatic rings. The van der Waals surface area contributed by atoms with E-state index in [1.54, 1.807) is 12.1 Å². The first-order valence-electron chi connectivity index (χ1n) is 14.8. The van der Waals surface area contributed by atoms with Crippen molar-refractivity contribution >= 4 is 11.7 Å². The van der Waals surface area contributed by atoms with E-state index in [9.17, 15) is 4.79 Å². The fourth-order valence-corrected chi connectivity index (χ4v) is 3.42. The maximum atomic E-state index is 12.1. The Bertz CT molecular complexity index is 659. The van der Waals surface area contributed by atoms with Crippen molar-refractivity contribution in [2.45, 2.75) is 58.8 Å². The van der Waals surface area contributed by atoms with Gasteiger partial charge in [-0.15, -0.1) is 0 Å². The lowest BCUT2D eigenvalue weighted by molar-refractivity contribution is -0.0194. The Kier molecular flexibility index (Phi) is 25.1. The van der Waals surface area contributed by atoms with Crippen molar-refractivity contribution < 1.29 is 38.0 Å². The lowest BCUT2D eigenvalue weighted by atomic mass is 10.2. The smallest absolute Gasteiger partial charge is 0.338 e. The highest BCUT2D eigenvalue weighted by Crippen LogP contribution is 2.11. The Morgan fingerprint density at radius 3 is 1.46 bits per heavy atom. The third-order valence-corrected chi connectivity index (χ3v) is 5.69. The van der Waals surface area contributed by atoms with Gasteiger partial charge in [0.05, 0.1) is 78.2 Å². The average Bonchev–Trinajstić information content (AvgIpc) is 2.95. The molecule has 0 saturated carbocycles. The predicted octanol–water partition coefficient (Wildman–Crippen LogP) is 5.13. The molecule has 1 aromatic rings. The van der Waals surface area contributed by atoms with E-state index in [-0.39, 0.29) is 12.6 Å². The van der Waals surface area contributed by atoms with Gasteiger partial charge in [0.25, 0.3) is 0 Å². The van der Waals surface area contributed by atoms with Crippen LogP contribution in [-0.2, 0) is 33.2 Å². The Morgan fingerprint density at radius 1 is 0.538 bits per heavy atom. The summed E-state index contributed by atoms with van der Waals surface area (Å²) in [6.07, 6.45) is 8.53. The average molecular weight is 556 g/mol. The van der Waals surface area contributed by atoms with Crippen molar-refractivity contribution in [2.24, 2.45) is 0 Å². The summed E-state index contributed by atoms with van der Waals surface area (Å²) in [5, 5.41) is 3.32. The molecule has 0 heterocycles. The second-order valence-corrected chi connectivity index (χ2v) is 9.08. The van der Waals surface area contributed by atoms with Crippen LogP contribution in [0.1, 0.15) is 69.2 Å². The lowest BCUT2D eigenvalue weighted by Gasteiger charge is -2.09. The molecule has 39 heavy (non-hydrogen) atoms. The molecule has 1 aromatic carbocycles. The Labute approximate surface area is 236 Å². The van der Waals surface area contributed by atoms with E-state index >= 15 is 0 Å². The van der Waals surface area contributed by atoms with E-state index in [2.05, 4.69) is 19.2 Å². The normalized spacial score (nSPS) is 11.1. The van der Waals surface area contributed by atoms with Crippen LogP contribution < -0.4 is 5.32 Å². The first kappa shape index (κ1) is 35.3. The van der Waals surface area contributed by atoms with Gasteiger partial charge >= 0.3 is 5.97 Å². The Balaban J connectivity index is 1.77. The molecule has 1 N–H and O–H groups in total. The van der Waals surface area contributed by atoms with Crippen molar-refractivity contribution in [1.82, 2.24) is 0 Å². The highest BCUT2D eigenvalue weighted by Gasteiger charge is 2.06. The second-order valence-electron chi connectivity index (χ2n) is 9.08. The molecule has 1 rings (SSSR count). The van der Waals surface area contributed by atoms with Gasteiger partial charge in [-0.1, -0.05) is 46.0 Å². The monoisotopic (exact) mass is 555 g/mol. The zero-order valence-corrected chi connectivity index (χ0v) is 24.4. The van der Waals surface area contributed by atoms with Crippen LogP contribution in [0, 0.1) is 0 Å². The summed E-state index contributed by atoms with van der Waals surface area (Å²) in [5.41, 5.74) is 1.53. The minimum atomic E-state index is -0.350. The molecule has 0 aromatic heterocycles. The van der Waals surface area contributed by atoms with Gasteiger partial charge < -0.3 is 38.5 Å². The van der Waals surface area contributed by atoms with Gasteiger partial charge in [0.1, 0.15) is 6.61 Å². The van der Waals surface area contributed by atoms with Crippen LogP contribution in [0.4, 0.5) is 5.69 Å². The van der Waals surface area contributed by atoms with E-state index < -0.39 is 0 Å². The molecular formula is C30H53NO8. The van der Waals surface area contributed by atoms with Crippen LogP contribution in [0.3, 0.4) is 0 Å². The van der Waals surface area contributed by atoms with E-state index in [0.29, 0.717) is 78.2 Å². The molecule has 0 radical (unpaired) electrons. The van der Waals surface area contributed by atoms with Gasteiger partial charge in [-0.05, 0) is 37.1 Å². The molecule has 0 atom stereocenters.